The summed E-state index contributed by atoms with van der Waals surface area (Å²) in [6.45, 7) is 0.813. The van der Waals surface area contributed by atoms with Crippen LogP contribution in [0.2, 0.25) is 0 Å². The number of amides is 2. The molecule has 0 aliphatic carbocycles. The summed E-state index contributed by atoms with van der Waals surface area (Å²) >= 11 is 3.35. The van der Waals surface area contributed by atoms with Crippen LogP contribution in [0.1, 0.15) is 12.8 Å². The zero-order chi connectivity index (χ0) is 15.4. The molecule has 1 heterocycles. The highest BCUT2D eigenvalue weighted by atomic mass is 79.9. The zero-order valence-corrected chi connectivity index (χ0v) is 13.2. The number of nitrogens with zero attached hydrogens (tertiary/aromatic N) is 1. The number of aliphatic carboxylic acids is 1. The van der Waals surface area contributed by atoms with Crippen LogP contribution in [0.25, 0.3) is 0 Å². The number of ether oxygens (including phenoxy) is 1. The van der Waals surface area contributed by atoms with E-state index in [1.54, 1.807) is 25.3 Å². The van der Waals surface area contributed by atoms with Gasteiger partial charge in [0.05, 0.1) is 13.0 Å². The molecule has 1 aliphatic heterocycles. The minimum absolute atomic E-state index is 0.242. The maximum atomic E-state index is 12.2. The highest BCUT2D eigenvalue weighted by Crippen LogP contribution is 2.25. The highest BCUT2D eigenvalue weighted by molar-refractivity contribution is 9.10. The number of methoxy groups -OCH3 is 1. The topological polar surface area (TPSA) is 78.9 Å². The first-order valence-electron chi connectivity index (χ1n) is 6.63. The van der Waals surface area contributed by atoms with E-state index in [-0.39, 0.29) is 12.6 Å². The quantitative estimate of drug-likeness (QED) is 0.872. The van der Waals surface area contributed by atoms with Crippen molar-refractivity contribution in [1.29, 1.82) is 0 Å². The molecule has 114 valence electrons. The molecule has 2 rings (SSSR count). The van der Waals surface area contributed by atoms with E-state index < -0.39 is 11.9 Å². The van der Waals surface area contributed by atoms with Gasteiger partial charge in [0.1, 0.15) is 5.75 Å². The third-order valence-electron chi connectivity index (χ3n) is 3.42. The fourth-order valence-electron chi connectivity index (χ4n) is 2.32. The molecule has 1 aliphatic rings. The van der Waals surface area contributed by atoms with Gasteiger partial charge in [-0.25, -0.2) is 4.79 Å². The molecule has 0 bridgehead atoms. The van der Waals surface area contributed by atoms with Crippen LogP contribution in [0.15, 0.2) is 22.7 Å². The predicted molar refractivity (Wildman–Crippen MR) is 81.6 cm³/mol. The van der Waals surface area contributed by atoms with Crippen molar-refractivity contribution < 1.29 is 19.4 Å². The number of piperidine rings is 1. The highest BCUT2D eigenvalue weighted by Gasteiger charge is 2.28. The van der Waals surface area contributed by atoms with E-state index in [0.717, 1.165) is 4.47 Å². The normalized spacial score (nSPS) is 18.2. The Balaban J connectivity index is 2.04. The number of hydrogen-bond donors (Lipinski definition) is 2. The molecular formula is C14H17BrN2O4. The van der Waals surface area contributed by atoms with E-state index in [4.69, 9.17) is 9.84 Å². The van der Waals surface area contributed by atoms with Crippen LogP contribution < -0.4 is 10.1 Å². The molecule has 1 aromatic rings. The van der Waals surface area contributed by atoms with Crippen molar-refractivity contribution in [3.8, 4) is 5.75 Å². The summed E-state index contributed by atoms with van der Waals surface area (Å²) in [6.07, 6.45) is 1.32. The molecule has 1 atom stereocenters. The number of anilines is 1. The van der Waals surface area contributed by atoms with Crippen molar-refractivity contribution in [1.82, 2.24) is 4.90 Å². The SMILES string of the molecule is COc1cc(Br)cc(NC(=O)N2CCC[C@@H](C(=O)O)C2)c1. The Labute approximate surface area is 131 Å². The van der Waals surface area contributed by atoms with Crippen LogP contribution in [-0.4, -0.2) is 42.2 Å². The molecule has 0 saturated carbocycles. The van der Waals surface area contributed by atoms with Gasteiger partial charge in [0, 0.05) is 29.3 Å². The number of carbonyl (C=O) groups excluding carboxylic acids is 1. The van der Waals surface area contributed by atoms with Crippen molar-refractivity contribution in [3.63, 3.8) is 0 Å². The minimum Gasteiger partial charge on any atom is -0.497 e. The molecule has 1 aromatic carbocycles. The van der Waals surface area contributed by atoms with Crippen LogP contribution in [0.5, 0.6) is 5.75 Å². The second kappa shape index (κ2) is 6.80. The molecule has 2 amide bonds. The Hall–Kier alpha value is -1.76. The summed E-state index contributed by atoms with van der Waals surface area (Å²) in [7, 11) is 1.55. The first-order chi connectivity index (χ1) is 9.99. The fraction of sp³-hybridized carbons (Fsp3) is 0.429. The van der Waals surface area contributed by atoms with E-state index in [2.05, 4.69) is 21.2 Å². The van der Waals surface area contributed by atoms with E-state index >= 15 is 0 Å². The minimum atomic E-state index is -0.850. The molecule has 21 heavy (non-hydrogen) atoms. The van der Waals surface area contributed by atoms with Crippen molar-refractivity contribution in [2.24, 2.45) is 5.92 Å². The number of benzene rings is 1. The number of carboxylic acid groups (broad SMARTS) is 1. The molecule has 0 unspecified atom stereocenters. The Morgan fingerprint density at radius 3 is 2.86 bits per heavy atom. The average Bonchev–Trinajstić information content (AvgIpc) is 2.46. The number of nitrogens with one attached hydrogen (secondary N) is 1. The Morgan fingerprint density at radius 1 is 1.43 bits per heavy atom. The van der Waals surface area contributed by atoms with Crippen LogP contribution in [-0.2, 0) is 4.79 Å². The van der Waals surface area contributed by atoms with Gasteiger partial charge >= 0.3 is 12.0 Å². The largest absolute Gasteiger partial charge is 0.497 e. The Kier molecular flexibility index (Phi) is 5.06. The van der Waals surface area contributed by atoms with Crippen molar-refractivity contribution >= 4 is 33.6 Å². The van der Waals surface area contributed by atoms with Gasteiger partial charge in [-0.15, -0.1) is 0 Å². The Morgan fingerprint density at radius 2 is 2.19 bits per heavy atom. The lowest BCUT2D eigenvalue weighted by Gasteiger charge is -2.30. The van der Waals surface area contributed by atoms with Gasteiger partial charge in [-0.05, 0) is 25.0 Å². The molecule has 6 nitrogen and oxygen atoms in total. The van der Waals surface area contributed by atoms with Crippen molar-refractivity contribution in [2.45, 2.75) is 12.8 Å². The first-order valence-corrected chi connectivity index (χ1v) is 7.42. The molecule has 0 radical (unpaired) electrons. The first kappa shape index (κ1) is 15.6. The number of likely N-dealkylation sites (tertiary alicyclic amines) is 1. The maximum Gasteiger partial charge on any atom is 0.321 e. The third kappa shape index (κ3) is 4.10. The number of carbonyl (C=O) groups is 2. The second-order valence-electron chi connectivity index (χ2n) is 4.93. The lowest BCUT2D eigenvalue weighted by atomic mass is 9.99. The number of carboxylic acids is 1. The van der Waals surface area contributed by atoms with Gasteiger partial charge in [0.2, 0.25) is 0 Å². The number of halogens is 1. The van der Waals surface area contributed by atoms with E-state index in [1.807, 2.05) is 0 Å². The van der Waals surface area contributed by atoms with Gasteiger partial charge in [0.25, 0.3) is 0 Å². The molecule has 0 spiro atoms. The van der Waals surface area contributed by atoms with Gasteiger partial charge in [-0.2, -0.15) is 0 Å². The smallest absolute Gasteiger partial charge is 0.321 e. The third-order valence-corrected chi connectivity index (χ3v) is 3.87. The average molecular weight is 357 g/mol. The predicted octanol–water partition coefficient (Wildman–Crippen LogP) is 2.79. The number of hydrogen-bond acceptors (Lipinski definition) is 3. The molecular weight excluding hydrogens is 340 g/mol. The molecule has 1 fully saturated rings. The summed E-state index contributed by atoms with van der Waals surface area (Å²) in [4.78, 5) is 24.8. The summed E-state index contributed by atoms with van der Waals surface area (Å²) in [6, 6.07) is 4.97. The molecule has 0 aromatic heterocycles. The van der Waals surface area contributed by atoms with E-state index in [1.165, 1.54) is 4.90 Å². The maximum absolute atomic E-state index is 12.2. The lowest BCUT2D eigenvalue weighted by molar-refractivity contribution is -0.143. The van der Waals surface area contributed by atoms with Crippen molar-refractivity contribution in [3.05, 3.63) is 22.7 Å². The molecule has 1 saturated heterocycles. The van der Waals surface area contributed by atoms with Crippen LogP contribution in [0.3, 0.4) is 0 Å². The van der Waals surface area contributed by atoms with Crippen LogP contribution >= 0.6 is 15.9 Å². The summed E-state index contributed by atoms with van der Waals surface area (Å²) in [5.74, 6) is -0.708. The Bertz CT molecular complexity index is 550. The number of rotatable bonds is 3. The van der Waals surface area contributed by atoms with Gasteiger partial charge in [-0.3, -0.25) is 4.79 Å². The van der Waals surface area contributed by atoms with Crippen LogP contribution in [0.4, 0.5) is 10.5 Å². The van der Waals surface area contributed by atoms with Crippen LogP contribution in [0, 0.1) is 5.92 Å². The van der Waals surface area contributed by atoms with Crippen molar-refractivity contribution in [2.75, 3.05) is 25.5 Å². The van der Waals surface area contributed by atoms with E-state index in [9.17, 15) is 9.59 Å². The standard InChI is InChI=1S/C14H17BrN2O4/c1-21-12-6-10(15)5-11(7-12)16-14(20)17-4-2-3-9(8-17)13(18)19/h5-7,9H,2-4,8H2,1H3,(H,16,20)(H,18,19)/t9-/m1/s1. The van der Waals surface area contributed by atoms with Gasteiger partial charge < -0.3 is 20.1 Å². The monoisotopic (exact) mass is 356 g/mol. The summed E-state index contributed by atoms with van der Waals surface area (Å²) in [5.41, 5.74) is 0.601. The van der Waals surface area contributed by atoms with Gasteiger partial charge in [0.15, 0.2) is 0 Å². The second-order valence-corrected chi connectivity index (χ2v) is 5.85. The summed E-state index contributed by atoms with van der Waals surface area (Å²) in [5, 5.41) is 11.8. The molecule has 7 heteroatoms. The van der Waals surface area contributed by atoms with Gasteiger partial charge in [-0.1, -0.05) is 15.9 Å². The fourth-order valence-corrected chi connectivity index (χ4v) is 2.79. The van der Waals surface area contributed by atoms with E-state index in [0.29, 0.717) is 30.8 Å². The summed E-state index contributed by atoms with van der Waals surface area (Å²) < 4.78 is 5.93. The number of urea groups is 1. The zero-order valence-electron chi connectivity index (χ0n) is 11.6. The molecule has 2 N–H and O–H groups in total. The lowest BCUT2D eigenvalue weighted by Crippen LogP contribution is -2.44.